The molecule has 0 saturated heterocycles. The van der Waals surface area contributed by atoms with Crippen molar-refractivity contribution >= 4 is 22.4 Å². The Labute approximate surface area is 127 Å². The molecular formula is C15H20N4OS. The van der Waals surface area contributed by atoms with E-state index in [4.69, 9.17) is 0 Å². The third kappa shape index (κ3) is 4.82. The van der Waals surface area contributed by atoms with Crippen LogP contribution in [0.3, 0.4) is 0 Å². The molecule has 0 fully saturated rings. The third-order valence-corrected chi connectivity index (χ3v) is 3.79. The third-order valence-electron chi connectivity index (χ3n) is 2.93. The number of aromatic nitrogens is 2. The van der Waals surface area contributed by atoms with E-state index in [1.165, 1.54) is 0 Å². The number of hydrogen-bond donors (Lipinski definition) is 2. The van der Waals surface area contributed by atoms with Gasteiger partial charge < -0.3 is 10.6 Å². The van der Waals surface area contributed by atoms with Crippen molar-refractivity contribution in [1.29, 1.82) is 0 Å². The van der Waals surface area contributed by atoms with E-state index >= 15 is 0 Å². The van der Waals surface area contributed by atoms with Crippen molar-refractivity contribution in [3.05, 3.63) is 36.4 Å². The average molecular weight is 304 g/mol. The highest BCUT2D eigenvalue weighted by molar-refractivity contribution is 7.84. The maximum atomic E-state index is 11.0. The van der Waals surface area contributed by atoms with Gasteiger partial charge in [0.15, 0.2) is 5.82 Å². The summed E-state index contributed by atoms with van der Waals surface area (Å²) in [6.07, 6.45) is 2.57. The average Bonchev–Trinajstić information content (AvgIpc) is 2.52. The van der Waals surface area contributed by atoms with Gasteiger partial charge in [0.25, 0.3) is 0 Å². The van der Waals surface area contributed by atoms with E-state index in [1.807, 2.05) is 43.4 Å². The van der Waals surface area contributed by atoms with E-state index < -0.39 is 10.8 Å². The molecule has 1 aromatic heterocycles. The Morgan fingerprint density at radius 1 is 1.14 bits per heavy atom. The van der Waals surface area contributed by atoms with Crippen LogP contribution >= 0.6 is 0 Å². The summed E-state index contributed by atoms with van der Waals surface area (Å²) < 4.78 is 11.0. The van der Waals surface area contributed by atoms with Crippen LogP contribution in [0.25, 0.3) is 11.4 Å². The summed E-state index contributed by atoms with van der Waals surface area (Å²) in [4.78, 5) is 9.00. The summed E-state index contributed by atoms with van der Waals surface area (Å²) in [7, 11) is 1.09. The van der Waals surface area contributed by atoms with Crippen molar-refractivity contribution in [3.8, 4) is 11.4 Å². The van der Waals surface area contributed by atoms with Crippen LogP contribution in [0.15, 0.2) is 36.4 Å². The molecule has 21 heavy (non-hydrogen) atoms. The van der Waals surface area contributed by atoms with E-state index in [0.29, 0.717) is 11.6 Å². The monoisotopic (exact) mass is 304 g/mol. The second kappa shape index (κ2) is 7.73. The van der Waals surface area contributed by atoms with Gasteiger partial charge in [-0.05, 0) is 6.42 Å². The van der Waals surface area contributed by atoms with Crippen LogP contribution in [0.1, 0.15) is 6.42 Å². The first kappa shape index (κ1) is 15.4. The molecular weight excluding hydrogens is 284 g/mol. The van der Waals surface area contributed by atoms with Crippen LogP contribution < -0.4 is 10.6 Å². The lowest BCUT2D eigenvalue weighted by Crippen LogP contribution is -2.09. The number of anilines is 2. The highest BCUT2D eigenvalue weighted by Crippen LogP contribution is 2.19. The SMILES string of the molecule is CNc1cc(NCCCS(C)=O)nc(-c2ccccc2)n1. The zero-order chi connectivity index (χ0) is 15.1. The summed E-state index contributed by atoms with van der Waals surface area (Å²) in [5, 5.41) is 6.31. The fourth-order valence-electron chi connectivity index (χ4n) is 1.87. The smallest absolute Gasteiger partial charge is 0.163 e. The highest BCUT2D eigenvalue weighted by Gasteiger charge is 2.05. The van der Waals surface area contributed by atoms with Crippen molar-refractivity contribution in [2.75, 3.05) is 36.2 Å². The van der Waals surface area contributed by atoms with Gasteiger partial charge in [-0.15, -0.1) is 0 Å². The summed E-state index contributed by atoms with van der Waals surface area (Å²) in [6, 6.07) is 11.7. The van der Waals surface area contributed by atoms with E-state index in [1.54, 1.807) is 6.26 Å². The van der Waals surface area contributed by atoms with E-state index in [2.05, 4.69) is 20.6 Å². The first-order chi connectivity index (χ1) is 10.2. The molecule has 112 valence electrons. The molecule has 2 aromatic rings. The molecule has 1 aromatic carbocycles. The molecule has 0 amide bonds. The number of benzene rings is 1. The molecule has 1 atom stereocenters. The first-order valence-corrected chi connectivity index (χ1v) is 8.58. The van der Waals surface area contributed by atoms with Crippen LogP contribution in [0, 0.1) is 0 Å². The Morgan fingerprint density at radius 2 is 1.86 bits per heavy atom. The topological polar surface area (TPSA) is 66.9 Å². The number of rotatable bonds is 7. The van der Waals surface area contributed by atoms with Crippen LogP contribution in [0.2, 0.25) is 0 Å². The molecule has 0 radical (unpaired) electrons. The molecule has 6 heteroatoms. The quantitative estimate of drug-likeness (QED) is 0.769. The van der Waals surface area contributed by atoms with Gasteiger partial charge in [0.1, 0.15) is 11.6 Å². The lowest BCUT2D eigenvalue weighted by Gasteiger charge is -2.09. The molecule has 0 saturated carbocycles. The second-order valence-corrected chi connectivity index (χ2v) is 6.19. The van der Waals surface area contributed by atoms with Gasteiger partial charge >= 0.3 is 0 Å². The van der Waals surface area contributed by atoms with Crippen molar-refractivity contribution in [2.45, 2.75) is 6.42 Å². The maximum absolute atomic E-state index is 11.0. The van der Waals surface area contributed by atoms with E-state index in [9.17, 15) is 4.21 Å². The van der Waals surface area contributed by atoms with Gasteiger partial charge in [0, 0.05) is 48.0 Å². The van der Waals surface area contributed by atoms with Crippen LogP contribution in [-0.4, -0.2) is 39.8 Å². The molecule has 2 rings (SSSR count). The lowest BCUT2D eigenvalue weighted by atomic mass is 10.2. The van der Waals surface area contributed by atoms with Gasteiger partial charge in [-0.2, -0.15) is 0 Å². The zero-order valence-corrected chi connectivity index (χ0v) is 13.1. The van der Waals surface area contributed by atoms with Crippen LogP contribution in [0.5, 0.6) is 0 Å². The molecule has 1 unspecified atom stereocenters. The molecule has 0 aliphatic carbocycles. The summed E-state index contributed by atoms with van der Waals surface area (Å²) >= 11 is 0. The summed E-state index contributed by atoms with van der Waals surface area (Å²) in [5.41, 5.74) is 0.979. The van der Waals surface area contributed by atoms with Crippen LogP contribution in [-0.2, 0) is 10.8 Å². The summed E-state index contributed by atoms with van der Waals surface area (Å²) in [5.74, 6) is 2.92. The van der Waals surface area contributed by atoms with Gasteiger partial charge in [0.05, 0.1) is 0 Å². The number of nitrogens with one attached hydrogen (secondary N) is 2. The lowest BCUT2D eigenvalue weighted by molar-refractivity contribution is 0.685. The molecule has 2 N–H and O–H groups in total. The zero-order valence-electron chi connectivity index (χ0n) is 12.3. The molecule has 0 aliphatic rings. The Balaban J connectivity index is 2.12. The van der Waals surface area contributed by atoms with Crippen molar-refractivity contribution in [2.24, 2.45) is 0 Å². The molecule has 1 heterocycles. The Bertz CT molecular complexity index is 604. The normalized spacial score (nSPS) is 11.9. The Morgan fingerprint density at radius 3 is 2.52 bits per heavy atom. The second-order valence-electron chi connectivity index (χ2n) is 4.64. The van der Waals surface area contributed by atoms with Gasteiger partial charge in [-0.25, -0.2) is 9.97 Å². The molecule has 5 nitrogen and oxygen atoms in total. The molecule has 0 spiro atoms. The Hall–Kier alpha value is -1.95. The van der Waals surface area contributed by atoms with Crippen molar-refractivity contribution < 1.29 is 4.21 Å². The fourth-order valence-corrected chi connectivity index (χ4v) is 2.42. The van der Waals surface area contributed by atoms with Crippen LogP contribution in [0.4, 0.5) is 11.6 Å². The highest BCUT2D eigenvalue weighted by atomic mass is 32.2. The van der Waals surface area contributed by atoms with Crippen molar-refractivity contribution in [1.82, 2.24) is 9.97 Å². The van der Waals surface area contributed by atoms with Gasteiger partial charge in [-0.3, -0.25) is 4.21 Å². The van der Waals surface area contributed by atoms with E-state index in [-0.39, 0.29) is 0 Å². The number of hydrogen-bond acceptors (Lipinski definition) is 5. The Kier molecular flexibility index (Phi) is 5.68. The molecule has 0 aliphatic heterocycles. The summed E-state index contributed by atoms with van der Waals surface area (Å²) in [6.45, 7) is 0.744. The standard InChI is InChI=1S/C15H20N4OS/c1-16-13-11-14(17-9-6-10-21(2)20)19-15(18-13)12-7-4-3-5-8-12/h3-5,7-8,11H,6,9-10H2,1-2H3,(H2,16,17,18,19). The number of nitrogens with zero attached hydrogens (tertiary/aromatic N) is 2. The maximum Gasteiger partial charge on any atom is 0.163 e. The van der Waals surface area contributed by atoms with Gasteiger partial charge in [-0.1, -0.05) is 30.3 Å². The van der Waals surface area contributed by atoms with E-state index in [0.717, 1.165) is 30.2 Å². The fraction of sp³-hybridized carbons (Fsp3) is 0.333. The minimum Gasteiger partial charge on any atom is -0.373 e. The predicted octanol–water partition coefficient (Wildman–Crippen LogP) is 2.37. The minimum absolute atomic E-state index is 0.684. The first-order valence-electron chi connectivity index (χ1n) is 6.85. The van der Waals surface area contributed by atoms with Gasteiger partial charge in [0.2, 0.25) is 0 Å². The largest absolute Gasteiger partial charge is 0.373 e. The minimum atomic E-state index is -0.749. The van der Waals surface area contributed by atoms with Crippen molar-refractivity contribution in [3.63, 3.8) is 0 Å². The predicted molar refractivity (Wildman–Crippen MR) is 89.1 cm³/mol. The molecule has 0 bridgehead atoms.